The maximum Gasteiger partial charge on any atom is 0.319 e. The van der Waals surface area contributed by atoms with E-state index in [0.717, 1.165) is 11.3 Å². The van der Waals surface area contributed by atoms with Crippen LogP contribution < -0.4 is 15.4 Å². The van der Waals surface area contributed by atoms with Gasteiger partial charge in [0.25, 0.3) is 0 Å². The van der Waals surface area contributed by atoms with Crippen LogP contribution >= 0.6 is 0 Å². The maximum absolute atomic E-state index is 12.8. The van der Waals surface area contributed by atoms with Crippen LogP contribution in [0.4, 0.5) is 14.9 Å². The summed E-state index contributed by atoms with van der Waals surface area (Å²) in [5.41, 5.74) is 1.48. The normalized spacial score (nSPS) is 10.0. The minimum Gasteiger partial charge on any atom is -0.494 e. The summed E-state index contributed by atoms with van der Waals surface area (Å²) in [6.07, 6.45) is 0. The largest absolute Gasteiger partial charge is 0.494 e. The predicted octanol–water partition coefficient (Wildman–Crippen LogP) is 3.55. The van der Waals surface area contributed by atoms with Crippen molar-refractivity contribution in [3.8, 4) is 5.75 Å². The van der Waals surface area contributed by atoms with Crippen LogP contribution in [-0.4, -0.2) is 12.6 Å². The Hall–Kier alpha value is -2.56. The number of carbonyl (C=O) groups is 1. The molecule has 0 saturated heterocycles. The second-order valence-corrected chi connectivity index (χ2v) is 4.39. The molecule has 0 radical (unpaired) electrons. The number of amides is 2. The summed E-state index contributed by atoms with van der Waals surface area (Å²) < 4.78 is 18.2. The lowest BCUT2D eigenvalue weighted by Gasteiger charge is -2.09. The predicted molar refractivity (Wildman–Crippen MR) is 79.9 cm³/mol. The first-order valence-corrected chi connectivity index (χ1v) is 6.69. The van der Waals surface area contributed by atoms with E-state index >= 15 is 0 Å². The Bertz CT molecular complexity index is 599. The van der Waals surface area contributed by atoms with E-state index in [1.54, 1.807) is 0 Å². The molecule has 0 saturated carbocycles. The Labute approximate surface area is 122 Å². The molecule has 0 atom stereocenters. The number of carbonyl (C=O) groups excluding carboxylic acids is 1. The highest BCUT2D eigenvalue weighted by atomic mass is 19.1. The van der Waals surface area contributed by atoms with Gasteiger partial charge in [0.1, 0.15) is 11.6 Å². The Balaban J connectivity index is 1.86. The lowest BCUT2D eigenvalue weighted by molar-refractivity contribution is 0.251. The molecule has 0 aliphatic carbocycles. The molecule has 0 aromatic heterocycles. The zero-order chi connectivity index (χ0) is 15.1. The third-order valence-corrected chi connectivity index (χ3v) is 2.76. The maximum atomic E-state index is 12.8. The molecule has 2 N–H and O–H groups in total. The molecule has 2 aromatic rings. The van der Waals surface area contributed by atoms with E-state index < -0.39 is 0 Å². The van der Waals surface area contributed by atoms with E-state index in [-0.39, 0.29) is 11.8 Å². The number of anilines is 1. The van der Waals surface area contributed by atoms with Crippen LogP contribution in [0.1, 0.15) is 12.5 Å². The van der Waals surface area contributed by atoms with Crippen LogP contribution in [0.25, 0.3) is 0 Å². The Morgan fingerprint density at radius 1 is 1.19 bits per heavy atom. The fourth-order valence-electron chi connectivity index (χ4n) is 1.80. The number of ether oxygens (including phenoxy) is 1. The van der Waals surface area contributed by atoms with Crippen molar-refractivity contribution < 1.29 is 13.9 Å². The van der Waals surface area contributed by atoms with Crippen LogP contribution in [0.5, 0.6) is 5.75 Å². The van der Waals surface area contributed by atoms with Crippen LogP contribution in [0.2, 0.25) is 0 Å². The van der Waals surface area contributed by atoms with Gasteiger partial charge in [-0.1, -0.05) is 12.1 Å². The van der Waals surface area contributed by atoms with Crippen LogP contribution in [0.15, 0.2) is 48.5 Å². The van der Waals surface area contributed by atoms with Gasteiger partial charge in [-0.25, -0.2) is 9.18 Å². The van der Waals surface area contributed by atoms with Crippen molar-refractivity contribution in [3.05, 3.63) is 59.9 Å². The van der Waals surface area contributed by atoms with Gasteiger partial charge in [0, 0.05) is 12.2 Å². The average molecular weight is 288 g/mol. The van der Waals surface area contributed by atoms with Crippen molar-refractivity contribution >= 4 is 11.7 Å². The van der Waals surface area contributed by atoms with Gasteiger partial charge < -0.3 is 15.4 Å². The number of benzene rings is 2. The van der Waals surface area contributed by atoms with E-state index in [9.17, 15) is 9.18 Å². The van der Waals surface area contributed by atoms with Gasteiger partial charge in [-0.3, -0.25) is 0 Å². The zero-order valence-electron chi connectivity index (χ0n) is 11.7. The molecule has 110 valence electrons. The standard InChI is InChI=1S/C16H17FN2O2/c1-2-21-15-5-3-4-12(10-15)11-18-16(20)19-14-8-6-13(17)7-9-14/h3-10H,2,11H2,1H3,(H2,18,19,20). The highest BCUT2D eigenvalue weighted by Gasteiger charge is 2.02. The first kappa shape index (κ1) is 14.8. The molecule has 2 amide bonds. The third-order valence-electron chi connectivity index (χ3n) is 2.76. The monoisotopic (exact) mass is 288 g/mol. The van der Waals surface area contributed by atoms with Gasteiger partial charge in [0.2, 0.25) is 0 Å². The molecular weight excluding hydrogens is 271 g/mol. The quantitative estimate of drug-likeness (QED) is 0.884. The van der Waals surface area contributed by atoms with Crippen molar-refractivity contribution in [3.63, 3.8) is 0 Å². The first-order valence-electron chi connectivity index (χ1n) is 6.69. The highest BCUT2D eigenvalue weighted by Crippen LogP contribution is 2.13. The number of urea groups is 1. The summed E-state index contributed by atoms with van der Waals surface area (Å²) in [4.78, 5) is 11.7. The smallest absolute Gasteiger partial charge is 0.319 e. The average Bonchev–Trinajstić information content (AvgIpc) is 2.48. The van der Waals surface area contributed by atoms with Crippen LogP contribution in [0, 0.1) is 5.82 Å². The number of halogens is 1. The van der Waals surface area contributed by atoms with Gasteiger partial charge in [0.05, 0.1) is 6.61 Å². The van der Waals surface area contributed by atoms with E-state index in [2.05, 4.69) is 10.6 Å². The summed E-state index contributed by atoms with van der Waals surface area (Å²) in [7, 11) is 0. The van der Waals surface area contributed by atoms with Gasteiger partial charge in [-0.2, -0.15) is 0 Å². The molecular formula is C16H17FN2O2. The summed E-state index contributed by atoms with van der Waals surface area (Å²) in [6.45, 7) is 2.90. The van der Waals surface area contributed by atoms with Gasteiger partial charge in [0.15, 0.2) is 0 Å². The van der Waals surface area contributed by atoms with E-state index in [0.29, 0.717) is 18.8 Å². The summed E-state index contributed by atoms with van der Waals surface area (Å²) in [5.74, 6) is 0.435. The summed E-state index contributed by atoms with van der Waals surface area (Å²) in [5, 5.41) is 5.36. The summed E-state index contributed by atoms with van der Waals surface area (Å²) in [6, 6.07) is 12.8. The number of nitrogens with one attached hydrogen (secondary N) is 2. The molecule has 0 aliphatic heterocycles. The Kier molecular flexibility index (Phi) is 5.15. The lowest BCUT2D eigenvalue weighted by atomic mass is 10.2. The molecule has 2 rings (SSSR count). The number of hydrogen-bond donors (Lipinski definition) is 2. The first-order chi connectivity index (χ1) is 10.2. The number of hydrogen-bond acceptors (Lipinski definition) is 2. The molecule has 4 nitrogen and oxygen atoms in total. The van der Waals surface area contributed by atoms with Crippen LogP contribution in [-0.2, 0) is 6.54 Å². The second-order valence-electron chi connectivity index (χ2n) is 4.39. The van der Waals surface area contributed by atoms with Gasteiger partial charge >= 0.3 is 6.03 Å². The molecule has 0 fully saturated rings. The Morgan fingerprint density at radius 2 is 1.95 bits per heavy atom. The molecule has 0 spiro atoms. The van der Waals surface area contributed by atoms with Crippen molar-refractivity contribution in [2.45, 2.75) is 13.5 Å². The Morgan fingerprint density at radius 3 is 2.67 bits per heavy atom. The zero-order valence-corrected chi connectivity index (χ0v) is 11.7. The second kappa shape index (κ2) is 7.28. The SMILES string of the molecule is CCOc1cccc(CNC(=O)Nc2ccc(F)cc2)c1. The van der Waals surface area contributed by atoms with E-state index in [1.165, 1.54) is 24.3 Å². The minimum atomic E-state index is -0.344. The van der Waals surface area contributed by atoms with E-state index in [4.69, 9.17) is 4.74 Å². The van der Waals surface area contributed by atoms with Crippen molar-refractivity contribution in [2.75, 3.05) is 11.9 Å². The molecule has 0 bridgehead atoms. The van der Waals surface area contributed by atoms with Gasteiger partial charge in [-0.05, 0) is 48.9 Å². The summed E-state index contributed by atoms with van der Waals surface area (Å²) >= 11 is 0. The molecule has 5 heteroatoms. The fraction of sp³-hybridized carbons (Fsp3) is 0.188. The third kappa shape index (κ3) is 4.80. The minimum absolute atomic E-state index is 0.339. The topological polar surface area (TPSA) is 50.4 Å². The van der Waals surface area contributed by atoms with Crippen molar-refractivity contribution in [1.82, 2.24) is 5.32 Å². The molecule has 0 heterocycles. The number of rotatable bonds is 5. The van der Waals surface area contributed by atoms with Crippen LogP contribution in [0.3, 0.4) is 0 Å². The highest BCUT2D eigenvalue weighted by molar-refractivity contribution is 5.89. The van der Waals surface area contributed by atoms with Gasteiger partial charge in [-0.15, -0.1) is 0 Å². The molecule has 21 heavy (non-hydrogen) atoms. The molecule has 0 aliphatic rings. The van der Waals surface area contributed by atoms with E-state index in [1.807, 2.05) is 31.2 Å². The van der Waals surface area contributed by atoms with Crippen molar-refractivity contribution in [2.24, 2.45) is 0 Å². The molecule has 0 unspecified atom stereocenters. The fourth-order valence-corrected chi connectivity index (χ4v) is 1.80. The molecule has 2 aromatic carbocycles. The van der Waals surface area contributed by atoms with Crippen molar-refractivity contribution in [1.29, 1.82) is 0 Å². The lowest BCUT2D eigenvalue weighted by Crippen LogP contribution is -2.28.